The van der Waals surface area contributed by atoms with Crippen molar-refractivity contribution in [2.75, 3.05) is 0 Å². The largest absolute Gasteiger partial charge is 0.0651 e. The molecule has 0 unspecified atom stereocenters. The molecule has 0 nitrogen and oxygen atoms in total. The van der Waals surface area contributed by atoms with E-state index in [0.29, 0.717) is 0 Å². The van der Waals surface area contributed by atoms with Crippen LogP contribution in [0.25, 0.3) is 22.3 Å². The second-order valence-corrected chi connectivity index (χ2v) is 5.91. The Bertz CT molecular complexity index is 813. The first-order valence-electron chi connectivity index (χ1n) is 8.04. The predicted octanol–water partition coefficient (Wildman–Crippen LogP) is 5.89. The first-order chi connectivity index (χ1) is 10.9. The summed E-state index contributed by atoms with van der Waals surface area (Å²) in [5, 5.41) is 0. The van der Waals surface area contributed by atoms with Crippen LogP contribution in [0.3, 0.4) is 0 Å². The van der Waals surface area contributed by atoms with E-state index in [0.717, 1.165) is 6.42 Å². The molecule has 0 bridgehead atoms. The molecule has 0 aromatic heterocycles. The molecule has 22 heavy (non-hydrogen) atoms. The lowest BCUT2D eigenvalue weighted by molar-refractivity contribution is 0.923. The van der Waals surface area contributed by atoms with Crippen LogP contribution in [0, 0.1) is 6.42 Å². The van der Waals surface area contributed by atoms with Crippen molar-refractivity contribution in [3.05, 3.63) is 89.8 Å². The minimum absolute atomic E-state index is 1.13. The molecule has 0 saturated carbocycles. The Balaban J connectivity index is 1.96. The van der Waals surface area contributed by atoms with Crippen molar-refractivity contribution >= 4 is 0 Å². The van der Waals surface area contributed by atoms with Gasteiger partial charge in [0.1, 0.15) is 0 Å². The van der Waals surface area contributed by atoms with Crippen molar-refractivity contribution in [1.82, 2.24) is 0 Å². The molecule has 0 heteroatoms. The zero-order chi connectivity index (χ0) is 14.9. The lowest BCUT2D eigenvalue weighted by Crippen LogP contribution is -1.95. The average Bonchev–Trinajstić information content (AvgIpc) is 2.94. The van der Waals surface area contributed by atoms with E-state index >= 15 is 0 Å². The Morgan fingerprint density at radius 3 is 2.32 bits per heavy atom. The molecule has 0 N–H and O–H groups in total. The molecule has 0 fully saturated rings. The highest BCUT2D eigenvalue weighted by Gasteiger charge is 2.23. The summed E-state index contributed by atoms with van der Waals surface area (Å²) in [6.07, 6.45) is 4.65. The van der Waals surface area contributed by atoms with Crippen LogP contribution in [-0.2, 0) is 6.42 Å². The van der Waals surface area contributed by atoms with E-state index in [9.17, 15) is 0 Å². The Morgan fingerprint density at radius 2 is 1.50 bits per heavy atom. The van der Waals surface area contributed by atoms with Crippen LogP contribution < -0.4 is 0 Å². The molecule has 1 aliphatic carbocycles. The van der Waals surface area contributed by atoms with Gasteiger partial charge in [0, 0.05) is 6.42 Å². The zero-order valence-electron chi connectivity index (χ0n) is 12.8. The number of fused-ring (bicyclic) bond motifs is 3. The first-order valence-corrected chi connectivity index (χ1v) is 8.04. The Labute approximate surface area is 132 Å². The quantitative estimate of drug-likeness (QED) is 0.440. The first kappa shape index (κ1) is 13.3. The van der Waals surface area contributed by atoms with E-state index in [1.807, 2.05) is 0 Å². The van der Waals surface area contributed by atoms with Crippen molar-refractivity contribution < 1.29 is 0 Å². The minimum atomic E-state index is 1.13. The van der Waals surface area contributed by atoms with Crippen molar-refractivity contribution in [1.29, 1.82) is 0 Å². The molecule has 0 amide bonds. The SMILES string of the molecule is CCCc1ccc2c(c1-c1ccccc1)[CH]c1ccccc1-2. The number of hydrogen-bond acceptors (Lipinski definition) is 0. The third-order valence-electron chi connectivity index (χ3n) is 4.46. The summed E-state index contributed by atoms with van der Waals surface area (Å²) < 4.78 is 0. The summed E-state index contributed by atoms with van der Waals surface area (Å²) in [7, 11) is 0. The summed E-state index contributed by atoms with van der Waals surface area (Å²) in [6, 6.07) is 24.1. The van der Waals surface area contributed by atoms with Crippen LogP contribution in [0.4, 0.5) is 0 Å². The van der Waals surface area contributed by atoms with Crippen LogP contribution >= 0.6 is 0 Å². The number of rotatable bonds is 3. The van der Waals surface area contributed by atoms with Gasteiger partial charge in [-0.15, -0.1) is 0 Å². The standard InChI is InChI=1S/C22H19/c1-2-8-16-13-14-20-19-12-7-6-11-18(19)15-21(20)22(16)17-9-4-3-5-10-17/h3-7,9-15H,2,8H2,1H3. The number of aryl methyl sites for hydroxylation is 1. The molecule has 3 aromatic rings. The molecule has 107 valence electrons. The van der Waals surface area contributed by atoms with E-state index in [1.165, 1.54) is 45.4 Å². The smallest absolute Gasteiger partial charge is 0.0218 e. The second-order valence-electron chi connectivity index (χ2n) is 5.91. The maximum atomic E-state index is 2.35. The van der Waals surface area contributed by atoms with Gasteiger partial charge in [-0.2, -0.15) is 0 Å². The molecule has 0 saturated heterocycles. The van der Waals surface area contributed by atoms with Gasteiger partial charge in [0.25, 0.3) is 0 Å². The van der Waals surface area contributed by atoms with Gasteiger partial charge < -0.3 is 0 Å². The van der Waals surface area contributed by atoms with Gasteiger partial charge in [-0.3, -0.25) is 0 Å². The van der Waals surface area contributed by atoms with Crippen LogP contribution in [0.2, 0.25) is 0 Å². The minimum Gasteiger partial charge on any atom is -0.0651 e. The molecule has 1 aliphatic rings. The fourth-order valence-electron chi connectivity index (χ4n) is 3.50. The lowest BCUT2D eigenvalue weighted by Gasteiger charge is -2.15. The Hall–Kier alpha value is -2.34. The monoisotopic (exact) mass is 283 g/mol. The molecule has 1 radical (unpaired) electrons. The van der Waals surface area contributed by atoms with E-state index in [-0.39, 0.29) is 0 Å². The van der Waals surface area contributed by atoms with E-state index in [4.69, 9.17) is 0 Å². The molecule has 4 rings (SSSR count). The highest BCUT2D eigenvalue weighted by molar-refractivity contribution is 5.89. The number of benzene rings is 3. The van der Waals surface area contributed by atoms with Crippen LogP contribution in [-0.4, -0.2) is 0 Å². The molecular weight excluding hydrogens is 264 g/mol. The topological polar surface area (TPSA) is 0 Å². The third-order valence-corrected chi connectivity index (χ3v) is 4.46. The Kier molecular flexibility index (Phi) is 3.31. The summed E-state index contributed by atoms with van der Waals surface area (Å²) in [4.78, 5) is 0. The second kappa shape index (κ2) is 5.46. The number of hydrogen-bond donors (Lipinski definition) is 0. The van der Waals surface area contributed by atoms with Crippen molar-refractivity contribution in [2.24, 2.45) is 0 Å². The molecule has 0 atom stereocenters. The van der Waals surface area contributed by atoms with Gasteiger partial charge in [0.15, 0.2) is 0 Å². The maximum Gasteiger partial charge on any atom is 0.0218 e. The van der Waals surface area contributed by atoms with Gasteiger partial charge in [-0.25, -0.2) is 0 Å². The van der Waals surface area contributed by atoms with Crippen LogP contribution in [0.15, 0.2) is 66.7 Å². The molecule has 3 aromatic carbocycles. The van der Waals surface area contributed by atoms with E-state index in [2.05, 4.69) is 80.1 Å². The summed E-state index contributed by atoms with van der Waals surface area (Å²) >= 11 is 0. The predicted molar refractivity (Wildman–Crippen MR) is 93.8 cm³/mol. The highest BCUT2D eigenvalue weighted by Crippen LogP contribution is 2.44. The highest BCUT2D eigenvalue weighted by atomic mass is 14.3. The normalized spacial score (nSPS) is 12.0. The molecular formula is C22H19. The van der Waals surface area contributed by atoms with Crippen molar-refractivity contribution in [3.63, 3.8) is 0 Å². The van der Waals surface area contributed by atoms with Gasteiger partial charge >= 0.3 is 0 Å². The van der Waals surface area contributed by atoms with Gasteiger partial charge in [-0.05, 0) is 45.4 Å². The average molecular weight is 283 g/mol. The third kappa shape index (κ3) is 2.07. The van der Waals surface area contributed by atoms with Crippen LogP contribution in [0.5, 0.6) is 0 Å². The molecule has 0 heterocycles. The molecule has 0 aliphatic heterocycles. The fraction of sp³-hybridized carbons (Fsp3) is 0.136. The lowest BCUT2D eigenvalue weighted by atomic mass is 9.89. The van der Waals surface area contributed by atoms with Gasteiger partial charge in [0.05, 0.1) is 0 Å². The van der Waals surface area contributed by atoms with E-state index in [1.54, 1.807) is 0 Å². The van der Waals surface area contributed by atoms with Crippen LogP contribution in [0.1, 0.15) is 30.0 Å². The van der Waals surface area contributed by atoms with E-state index < -0.39 is 0 Å². The summed E-state index contributed by atoms with van der Waals surface area (Å²) in [5.41, 5.74) is 9.65. The van der Waals surface area contributed by atoms with Crippen molar-refractivity contribution in [2.45, 2.75) is 19.8 Å². The fourth-order valence-corrected chi connectivity index (χ4v) is 3.50. The van der Waals surface area contributed by atoms with Gasteiger partial charge in [0.2, 0.25) is 0 Å². The summed E-state index contributed by atoms with van der Waals surface area (Å²) in [6.45, 7) is 2.25. The Morgan fingerprint density at radius 1 is 0.727 bits per heavy atom. The van der Waals surface area contributed by atoms with Crippen molar-refractivity contribution in [3.8, 4) is 22.3 Å². The zero-order valence-corrected chi connectivity index (χ0v) is 12.8. The van der Waals surface area contributed by atoms with Gasteiger partial charge in [-0.1, -0.05) is 80.1 Å². The molecule has 0 spiro atoms. The summed E-state index contributed by atoms with van der Waals surface area (Å²) in [5.74, 6) is 0. The maximum absolute atomic E-state index is 2.35.